The normalized spacial score (nSPS) is 11.1. The third-order valence-electron chi connectivity index (χ3n) is 3.37. The molecule has 2 aromatic carbocycles. The summed E-state index contributed by atoms with van der Waals surface area (Å²) >= 11 is 3.29. The predicted octanol–water partition coefficient (Wildman–Crippen LogP) is 2.75. The standard InChI is InChI=1S/C17H19BrN2O4S/c18-14-6-8-15(9-7-14)20-25(23,24)16-5-3-4-13(12-16)17(22)19-10-1-2-11-21/h3-9,12,20-21H,1-2,10-11H2,(H,19,22). The highest BCUT2D eigenvalue weighted by molar-refractivity contribution is 9.10. The van der Waals surface area contributed by atoms with Gasteiger partial charge in [0.25, 0.3) is 15.9 Å². The first kappa shape index (κ1) is 19.4. The molecule has 0 radical (unpaired) electrons. The van der Waals surface area contributed by atoms with Gasteiger partial charge in [-0.1, -0.05) is 22.0 Å². The molecule has 2 aromatic rings. The van der Waals surface area contributed by atoms with Crippen LogP contribution in [0.4, 0.5) is 5.69 Å². The highest BCUT2D eigenvalue weighted by Gasteiger charge is 2.16. The zero-order valence-electron chi connectivity index (χ0n) is 13.4. The van der Waals surface area contributed by atoms with E-state index in [9.17, 15) is 13.2 Å². The van der Waals surface area contributed by atoms with E-state index < -0.39 is 10.0 Å². The lowest BCUT2D eigenvalue weighted by molar-refractivity contribution is 0.0952. The molecular formula is C17H19BrN2O4S. The van der Waals surface area contributed by atoms with Crippen LogP contribution in [0.3, 0.4) is 0 Å². The third-order valence-corrected chi connectivity index (χ3v) is 5.28. The number of rotatable bonds is 8. The first-order valence-electron chi connectivity index (χ1n) is 7.70. The van der Waals surface area contributed by atoms with Gasteiger partial charge in [-0.25, -0.2) is 8.42 Å². The number of amides is 1. The highest BCUT2D eigenvalue weighted by atomic mass is 79.9. The molecule has 0 atom stereocenters. The second-order valence-corrected chi connectivity index (χ2v) is 7.92. The summed E-state index contributed by atoms with van der Waals surface area (Å²) in [6.45, 7) is 0.499. The molecule has 6 nitrogen and oxygen atoms in total. The van der Waals surface area contributed by atoms with Crippen molar-refractivity contribution in [3.05, 3.63) is 58.6 Å². The Morgan fingerprint density at radius 3 is 2.48 bits per heavy atom. The SMILES string of the molecule is O=C(NCCCCO)c1cccc(S(=O)(=O)Nc2ccc(Br)cc2)c1. The van der Waals surface area contributed by atoms with Gasteiger partial charge in [0.05, 0.1) is 4.90 Å². The molecule has 0 saturated heterocycles. The van der Waals surface area contributed by atoms with Crippen LogP contribution in [0, 0.1) is 0 Å². The molecule has 0 heterocycles. The fraction of sp³-hybridized carbons (Fsp3) is 0.235. The van der Waals surface area contributed by atoms with E-state index in [1.165, 1.54) is 18.2 Å². The predicted molar refractivity (Wildman–Crippen MR) is 100 cm³/mol. The number of carbonyl (C=O) groups is 1. The minimum absolute atomic E-state index is 0.0124. The van der Waals surface area contributed by atoms with Crippen molar-refractivity contribution in [3.8, 4) is 0 Å². The zero-order valence-corrected chi connectivity index (χ0v) is 15.8. The van der Waals surface area contributed by atoms with Crippen molar-refractivity contribution in [1.29, 1.82) is 0 Å². The van der Waals surface area contributed by atoms with Crippen LogP contribution in [-0.2, 0) is 10.0 Å². The number of unbranched alkanes of at least 4 members (excludes halogenated alkanes) is 1. The molecule has 0 fully saturated rings. The maximum Gasteiger partial charge on any atom is 0.261 e. The van der Waals surface area contributed by atoms with Crippen molar-refractivity contribution < 1.29 is 18.3 Å². The van der Waals surface area contributed by atoms with Crippen molar-refractivity contribution in [3.63, 3.8) is 0 Å². The van der Waals surface area contributed by atoms with Crippen LogP contribution in [0.1, 0.15) is 23.2 Å². The van der Waals surface area contributed by atoms with Gasteiger partial charge in [-0.15, -0.1) is 0 Å². The van der Waals surface area contributed by atoms with Crippen molar-refractivity contribution in [2.75, 3.05) is 17.9 Å². The van der Waals surface area contributed by atoms with Crippen LogP contribution in [0.2, 0.25) is 0 Å². The van der Waals surface area contributed by atoms with Gasteiger partial charge >= 0.3 is 0 Å². The molecule has 2 rings (SSSR count). The number of sulfonamides is 1. The van der Waals surface area contributed by atoms with E-state index in [1.54, 1.807) is 30.3 Å². The van der Waals surface area contributed by atoms with Crippen LogP contribution >= 0.6 is 15.9 Å². The van der Waals surface area contributed by atoms with Gasteiger partial charge in [-0.05, 0) is 55.3 Å². The molecule has 1 amide bonds. The van der Waals surface area contributed by atoms with E-state index in [-0.39, 0.29) is 23.0 Å². The first-order valence-corrected chi connectivity index (χ1v) is 9.97. The fourth-order valence-electron chi connectivity index (χ4n) is 2.08. The number of hydrogen-bond acceptors (Lipinski definition) is 4. The van der Waals surface area contributed by atoms with Crippen molar-refractivity contribution >= 4 is 37.5 Å². The van der Waals surface area contributed by atoms with Gasteiger partial charge in [0.1, 0.15) is 0 Å². The third kappa shape index (κ3) is 5.84. The fourth-order valence-corrected chi connectivity index (χ4v) is 3.45. The van der Waals surface area contributed by atoms with Gasteiger partial charge < -0.3 is 10.4 Å². The van der Waals surface area contributed by atoms with Gasteiger partial charge in [0, 0.05) is 28.9 Å². The number of halogens is 1. The molecular weight excluding hydrogens is 408 g/mol. The molecule has 0 spiro atoms. The molecule has 0 aliphatic heterocycles. The summed E-state index contributed by atoms with van der Waals surface area (Å²) in [5.41, 5.74) is 0.699. The maximum atomic E-state index is 12.5. The van der Waals surface area contributed by atoms with E-state index >= 15 is 0 Å². The summed E-state index contributed by atoms with van der Waals surface area (Å²) in [4.78, 5) is 12.1. The Hall–Kier alpha value is -1.90. The Morgan fingerprint density at radius 2 is 1.80 bits per heavy atom. The van der Waals surface area contributed by atoms with Crippen LogP contribution < -0.4 is 10.0 Å². The molecule has 0 unspecified atom stereocenters. The molecule has 3 N–H and O–H groups in total. The summed E-state index contributed by atoms with van der Waals surface area (Å²) in [5, 5.41) is 11.4. The monoisotopic (exact) mass is 426 g/mol. The molecule has 0 aromatic heterocycles. The Balaban J connectivity index is 2.10. The number of anilines is 1. The van der Waals surface area contributed by atoms with Gasteiger partial charge in [0.2, 0.25) is 0 Å². The van der Waals surface area contributed by atoms with E-state index in [1.807, 2.05) is 0 Å². The molecule has 0 bridgehead atoms. The highest BCUT2D eigenvalue weighted by Crippen LogP contribution is 2.19. The van der Waals surface area contributed by atoms with Crippen LogP contribution in [0.25, 0.3) is 0 Å². The van der Waals surface area contributed by atoms with Crippen LogP contribution in [0.15, 0.2) is 57.9 Å². The summed E-state index contributed by atoms with van der Waals surface area (Å²) in [6.07, 6.45) is 1.26. The summed E-state index contributed by atoms with van der Waals surface area (Å²) in [5.74, 6) is -0.348. The van der Waals surface area contributed by atoms with Crippen LogP contribution in [0.5, 0.6) is 0 Å². The molecule has 25 heavy (non-hydrogen) atoms. The minimum Gasteiger partial charge on any atom is -0.396 e. The number of carbonyl (C=O) groups excluding carboxylic acids is 1. The van der Waals surface area contributed by atoms with E-state index in [2.05, 4.69) is 26.0 Å². The molecule has 8 heteroatoms. The van der Waals surface area contributed by atoms with Crippen molar-refractivity contribution in [2.45, 2.75) is 17.7 Å². The van der Waals surface area contributed by atoms with Crippen LogP contribution in [-0.4, -0.2) is 32.6 Å². The van der Waals surface area contributed by atoms with Crippen molar-refractivity contribution in [2.24, 2.45) is 0 Å². The van der Waals surface area contributed by atoms with E-state index in [4.69, 9.17) is 5.11 Å². The summed E-state index contributed by atoms with van der Waals surface area (Å²) < 4.78 is 28.3. The minimum atomic E-state index is -3.79. The lowest BCUT2D eigenvalue weighted by Crippen LogP contribution is -2.25. The molecule has 134 valence electrons. The average molecular weight is 427 g/mol. The Bertz CT molecular complexity index is 823. The number of aliphatic hydroxyl groups excluding tert-OH is 1. The maximum absolute atomic E-state index is 12.5. The Labute approximate surface area is 155 Å². The number of hydrogen-bond donors (Lipinski definition) is 3. The largest absolute Gasteiger partial charge is 0.396 e. The van der Waals surface area contributed by atoms with Gasteiger partial charge in [-0.2, -0.15) is 0 Å². The van der Waals surface area contributed by atoms with E-state index in [0.717, 1.165) is 4.47 Å². The Morgan fingerprint density at radius 1 is 1.08 bits per heavy atom. The van der Waals surface area contributed by atoms with E-state index in [0.29, 0.717) is 25.1 Å². The van der Waals surface area contributed by atoms with Gasteiger partial charge in [0.15, 0.2) is 0 Å². The second-order valence-electron chi connectivity index (χ2n) is 5.33. The molecule has 0 aliphatic carbocycles. The number of nitrogens with one attached hydrogen (secondary N) is 2. The molecule has 0 saturated carbocycles. The topological polar surface area (TPSA) is 95.5 Å². The number of aliphatic hydroxyl groups is 1. The lowest BCUT2D eigenvalue weighted by atomic mass is 10.2. The smallest absolute Gasteiger partial charge is 0.261 e. The zero-order chi connectivity index (χ0) is 18.3. The van der Waals surface area contributed by atoms with Gasteiger partial charge in [-0.3, -0.25) is 9.52 Å². The summed E-state index contributed by atoms with van der Waals surface area (Å²) in [6, 6.07) is 12.6. The molecule has 0 aliphatic rings. The lowest BCUT2D eigenvalue weighted by Gasteiger charge is -2.10. The second kappa shape index (κ2) is 8.98. The quantitative estimate of drug-likeness (QED) is 0.565. The number of benzene rings is 2. The first-order chi connectivity index (χ1) is 11.9. The van der Waals surface area contributed by atoms with Crippen molar-refractivity contribution in [1.82, 2.24) is 5.32 Å². The Kier molecular flexibility index (Phi) is 6.98. The summed E-state index contributed by atoms with van der Waals surface area (Å²) in [7, 11) is -3.79. The average Bonchev–Trinajstić information content (AvgIpc) is 2.60.